The van der Waals surface area contributed by atoms with Crippen LogP contribution in [0.1, 0.15) is 50.3 Å². The van der Waals surface area contributed by atoms with E-state index >= 15 is 0 Å². The molecular weight excluding hydrogens is 484 g/mol. The van der Waals surface area contributed by atoms with Crippen molar-refractivity contribution in [2.24, 2.45) is 5.92 Å². The summed E-state index contributed by atoms with van der Waals surface area (Å²) in [5.74, 6) is 0.767. The van der Waals surface area contributed by atoms with Crippen LogP contribution < -0.4 is 10.1 Å². The van der Waals surface area contributed by atoms with Gasteiger partial charge in [0.05, 0.1) is 0 Å². The lowest BCUT2D eigenvalue weighted by Crippen LogP contribution is -2.52. The first-order chi connectivity index (χ1) is 17.7. The number of halogens is 1. The van der Waals surface area contributed by atoms with Gasteiger partial charge in [0.15, 0.2) is 6.61 Å². The molecule has 0 radical (unpaired) electrons. The van der Waals surface area contributed by atoms with Crippen molar-refractivity contribution in [2.45, 2.75) is 52.6 Å². The van der Waals surface area contributed by atoms with Gasteiger partial charge in [-0.05, 0) is 46.7 Å². The molecule has 0 bridgehead atoms. The average Bonchev–Trinajstić information content (AvgIpc) is 2.88. The lowest BCUT2D eigenvalue weighted by atomic mass is 10.0. The van der Waals surface area contributed by atoms with Crippen LogP contribution >= 0.6 is 11.6 Å². The van der Waals surface area contributed by atoms with Crippen molar-refractivity contribution in [1.82, 2.24) is 10.2 Å². The van der Waals surface area contributed by atoms with E-state index in [0.717, 1.165) is 16.7 Å². The molecule has 3 aromatic carbocycles. The van der Waals surface area contributed by atoms with Crippen LogP contribution in [0, 0.1) is 5.92 Å². The molecule has 3 rings (SSSR count). The summed E-state index contributed by atoms with van der Waals surface area (Å²) in [4.78, 5) is 28.9. The summed E-state index contributed by atoms with van der Waals surface area (Å²) in [6, 6.07) is 24.2. The molecule has 37 heavy (non-hydrogen) atoms. The smallest absolute Gasteiger partial charge is 0.261 e. The number of amides is 2. The predicted molar refractivity (Wildman–Crippen MR) is 150 cm³/mol. The molecule has 0 spiro atoms. The van der Waals surface area contributed by atoms with Gasteiger partial charge in [0.2, 0.25) is 5.91 Å². The van der Waals surface area contributed by atoms with Gasteiger partial charge in [-0.15, -0.1) is 0 Å². The standard InChI is InChI=1S/C31H37ClN2O3/c1-22(2)19-33-31(36)28(18-24-11-6-5-7-12-24)34(20-25-13-10-14-26(32)17-25)30(35)21-37-29-16-9-8-15-27(29)23(3)4/h5-17,22-23,28H,18-21H2,1-4H3,(H,33,36)/t28-/m1/s1. The van der Waals surface area contributed by atoms with E-state index in [4.69, 9.17) is 16.3 Å². The molecule has 0 saturated heterocycles. The zero-order chi connectivity index (χ0) is 26.8. The number of hydrogen-bond acceptors (Lipinski definition) is 3. The molecule has 196 valence electrons. The molecule has 0 aliphatic carbocycles. The molecule has 0 aliphatic heterocycles. The molecular formula is C31H37ClN2O3. The van der Waals surface area contributed by atoms with Gasteiger partial charge in [-0.25, -0.2) is 0 Å². The molecule has 0 saturated carbocycles. The zero-order valence-electron chi connectivity index (χ0n) is 22.1. The monoisotopic (exact) mass is 520 g/mol. The van der Waals surface area contributed by atoms with Gasteiger partial charge in [0.1, 0.15) is 11.8 Å². The first-order valence-corrected chi connectivity index (χ1v) is 13.2. The van der Waals surface area contributed by atoms with E-state index < -0.39 is 6.04 Å². The van der Waals surface area contributed by atoms with E-state index in [1.54, 1.807) is 11.0 Å². The average molecular weight is 521 g/mol. The van der Waals surface area contributed by atoms with Crippen molar-refractivity contribution in [1.29, 1.82) is 0 Å². The minimum Gasteiger partial charge on any atom is -0.483 e. The lowest BCUT2D eigenvalue weighted by molar-refractivity contribution is -0.142. The van der Waals surface area contributed by atoms with Crippen molar-refractivity contribution < 1.29 is 14.3 Å². The van der Waals surface area contributed by atoms with Crippen LogP contribution in [0.25, 0.3) is 0 Å². The van der Waals surface area contributed by atoms with E-state index in [9.17, 15) is 9.59 Å². The minimum atomic E-state index is -0.712. The number of rotatable bonds is 12. The van der Waals surface area contributed by atoms with Crippen molar-refractivity contribution in [2.75, 3.05) is 13.2 Å². The lowest BCUT2D eigenvalue weighted by Gasteiger charge is -2.32. The summed E-state index contributed by atoms with van der Waals surface area (Å²) >= 11 is 6.25. The highest BCUT2D eigenvalue weighted by Gasteiger charge is 2.31. The third-order valence-electron chi connectivity index (χ3n) is 6.09. The molecule has 3 aromatic rings. The maximum atomic E-state index is 13.7. The Morgan fingerprint density at radius 2 is 1.57 bits per heavy atom. The Balaban J connectivity index is 1.92. The highest BCUT2D eigenvalue weighted by atomic mass is 35.5. The Bertz CT molecular complexity index is 1160. The number of carbonyl (C=O) groups is 2. The first-order valence-electron chi connectivity index (χ1n) is 12.8. The Kier molecular flexibility index (Phi) is 10.6. The molecule has 2 amide bonds. The Morgan fingerprint density at radius 1 is 0.892 bits per heavy atom. The predicted octanol–water partition coefficient (Wildman–Crippen LogP) is 6.25. The van der Waals surface area contributed by atoms with Gasteiger partial charge in [-0.2, -0.15) is 0 Å². The van der Waals surface area contributed by atoms with Crippen LogP contribution in [0.3, 0.4) is 0 Å². The SMILES string of the molecule is CC(C)CNC(=O)[C@@H](Cc1ccccc1)N(Cc1cccc(Cl)c1)C(=O)COc1ccccc1C(C)C. The van der Waals surface area contributed by atoms with Crippen molar-refractivity contribution >= 4 is 23.4 Å². The molecule has 1 N–H and O–H groups in total. The van der Waals surface area contributed by atoms with Crippen molar-refractivity contribution in [3.63, 3.8) is 0 Å². The fourth-order valence-corrected chi connectivity index (χ4v) is 4.33. The fourth-order valence-electron chi connectivity index (χ4n) is 4.12. The molecule has 0 unspecified atom stereocenters. The first kappa shape index (κ1) is 28.3. The molecule has 6 heteroatoms. The largest absolute Gasteiger partial charge is 0.483 e. The number of nitrogens with one attached hydrogen (secondary N) is 1. The maximum Gasteiger partial charge on any atom is 0.261 e. The van der Waals surface area contributed by atoms with Crippen LogP contribution in [0.2, 0.25) is 5.02 Å². The normalized spacial score (nSPS) is 11.9. The van der Waals surface area contributed by atoms with E-state index in [0.29, 0.717) is 23.7 Å². The summed E-state index contributed by atoms with van der Waals surface area (Å²) in [5, 5.41) is 3.61. The fraction of sp³-hybridized carbons (Fsp3) is 0.355. The number of carbonyl (C=O) groups excluding carboxylic acids is 2. The highest BCUT2D eigenvalue weighted by Crippen LogP contribution is 2.26. The van der Waals surface area contributed by atoms with Gasteiger partial charge >= 0.3 is 0 Å². The second kappa shape index (κ2) is 13.8. The van der Waals surface area contributed by atoms with Gasteiger partial charge in [-0.1, -0.05) is 100.0 Å². The molecule has 0 heterocycles. The molecule has 5 nitrogen and oxygen atoms in total. The maximum absolute atomic E-state index is 13.7. The third kappa shape index (κ3) is 8.64. The van der Waals surface area contributed by atoms with Crippen LogP contribution in [-0.2, 0) is 22.6 Å². The van der Waals surface area contributed by atoms with E-state index in [-0.39, 0.29) is 36.8 Å². The second-order valence-corrected chi connectivity index (χ2v) is 10.4. The number of para-hydroxylation sites is 1. The number of benzene rings is 3. The Hall–Kier alpha value is -3.31. The Morgan fingerprint density at radius 3 is 2.24 bits per heavy atom. The molecule has 0 aliphatic rings. The summed E-state index contributed by atoms with van der Waals surface area (Å²) in [6.45, 7) is 8.85. The Labute approximate surface area is 225 Å². The van der Waals surface area contributed by atoms with Crippen LogP contribution in [0.5, 0.6) is 5.75 Å². The summed E-state index contributed by atoms with van der Waals surface area (Å²) in [6.07, 6.45) is 0.389. The van der Waals surface area contributed by atoms with Gasteiger partial charge < -0.3 is 15.0 Å². The molecule has 1 atom stereocenters. The quantitative estimate of drug-likeness (QED) is 0.307. The van der Waals surface area contributed by atoms with E-state index in [1.165, 1.54) is 0 Å². The topological polar surface area (TPSA) is 58.6 Å². The summed E-state index contributed by atoms with van der Waals surface area (Å²) in [7, 11) is 0. The van der Waals surface area contributed by atoms with Crippen molar-refractivity contribution in [3.05, 3.63) is 101 Å². The second-order valence-electron chi connectivity index (χ2n) is 9.98. The van der Waals surface area contributed by atoms with Gasteiger partial charge in [0.25, 0.3) is 5.91 Å². The van der Waals surface area contributed by atoms with Gasteiger partial charge in [-0.3, -0.25) is 9.59 Å². The van der Waals surface area contributed by atoms with E-state index in [1.807, 2.05) is 86.6 Å². The van der Waals surface area contributed by atoms with Crippen LogP contribution in [0.15, 0.2) is 78.9 Å². The zero-order valence-corrected chi connectivity index (χ0v) is 22.9. The van der Waals surface area contributed by atoms with Crippen LogP contribution in [0.4, 0.5) is 0 Å². The van der Waals surface area contributed by atoms with Crippen molar-refractivity contribution in [3.8, 4) is 5.75 Å². The number of hydrogen-bond donors (Lipinski definition) is 1. The number of nitrogens with zero attached hydrogens (tertiary/aromatic N) is 1. The van der Waals surface area contributed by atoms with Crippen LogP contribution in [-0.4, -0.2) is 35.9 Å². The molecule has 0 aromatic heterocycles. The van der Waals surface area contributed by atoms with Gasteiger partial charge in [0, 0.05) is 24.5 Å². The number of ether oxygens (including phenoxy) is 1. The molecule has 0 fully saturated rings. The highest BCUT2D eigenvalue weighted by molar-refractivity contribution is 6.30. The minimum absolute atomic E-state index is 0.174. The van der Waals surface area contributed by atoms with E-state index in [2.05, 4.69) is 19.2 Å². The summed E-state index contributed by atoms with van der Waals surface area (Å²) < 4.78 is 6.03. The summed E-state index contributed by atoms with van der Waals surface area (Å²) in [5.41, 5.74) is 2.85. The third-order valence-corrected chi connectivity index (χ3v) is 6.32.